The van der Waals surface area contributed by atoms with Gasteiger partial charge in [0.15, 0.2) is 0 Å². The van der Waals surface area contributed by atoms with Crippen molar-refractivity contribution in [1.29, 1.82) is 0 Å². The molecule has 0 N–H and O–H groups in total. The second-order valence-electron chi connectivity index (χ2n) is 0.920. The minimum atomic E-state index is -0.00463. The van der Waals surface area contributed by atoms with Crippen LogP contribution in [0.5, 0.6) is 0 Å². The Hall–Kier alpha value is 0.410. The van der Waals surface area contributed by atoms with Crippen LogP contribution in [0, 0.1) is 6.92 Å². The van der Waals surface area contributed by atoms with Crippen molar-refractivity contribution in [2.24, 2.45) is 0 Å². The summed E-state index contributed by atoms with van der Waals surface area (Å²) >= 11 is 0. The van der Waals surface area contributed by atoms with Crippen LogP contribution in [0.2, 0.25) is 0 Å². The minimum Gasteiger partial charge on any atom is -0.336 e. The van der Waals surface area contributed by atoms with Gasteiger partial charge in [-0.15, -0.1) is 6.42 Å². The normalized spacial score (nSPS) is 6.43. The van der Waals surface area contributed by atoms with Crippen LogP contribution in [-0.2, 0) is 4.79 Å². The molecule has 0 fully saturated rings. The molecule has 0 atom stereocenters. The summed E-state index contributed by atoms with van der Waals surface area (Å²) in [6.45, 7) is 6.58. The van der Waals surface area contributed by atoms with Gasteiger partial charge in [-0.25, -0.2) is 0 Å². The van der Waals surface area contributed by atoms with Gasteiger partial charge in [0.1, 0.15) is 5.78 Å². The van der Waals surface area contributed by atoms with E-state index in [-0.39, 0.29) is 35.3 Å². The van der Waals surface area contributed by atoms with E-state index in [1.807, 2.05) is 0 Å². The Balaban J connectivity index is 0. The number of carbonyl (C=O) groups is 1. The number of ketones is 1. The first-order valence-corrected chi connectivity index (χ1v) is 1.75. The van der Waals surface area contributed by atoms with Gasteiger partial charge in [0, 0.05) is 0 Å². The molecule has 0 aliphatic carbocycles. The van der Waals surface area contributed by atoms with Crippen LogP contribution in [0.15, 0.2) is 12.7 Å². The molecule has 0 aromatic carbocycles. The molecule has 0 spiro atoms. The Morgan fingerprint density at radius 1 is 1.86 bits per heavy atom. The van der Waals surface area contributed by atoms with Crippen molar-refractivity contribution >= 4 is 5.78 Å². The summed E-state index contributed by atoms with van der Waals surface area (Å²) in [4.78, 5) is 10.0. The summed E-state index contributed by atoms with van der Waals surface area (Å²) in [6, 6.07) is 0. The average molecular weight is 106 g/mol. The standard InChI is InChI=1S/C5H7O.Na/c1-3-5(6)4-2;/h3H,1-2,4H2;/q-1;+1. The third-order valence-corrected chi connectivity index (χ3v) is 0.474. The van der Waals surface area contributed by atoms with Gasteiger partial charge in [-0.2, -0.15) is 0 Å². The second kappa shape index (κ2) is 6.41. The number of carbonyl (C=O) groups excluding carboxylic acids is 1. The Kier molecular flexibility index (Phi) is 9.53. The Morgan fingerprint density at radius 2 is 2.29 bits per heavy atom. The Morgan fingerprint density at radius 3 is 2.29 bits per heavy atom. The molecule has 0 aliphatic rings. The molecule has 0 radical (unpaired) electrons. The molecule has 2 heteroatoms. The molecule has 0 aliphatic heterocycles. The van der Waals surface area contributed by atoms with Gasteiger partial charge in [-0.3, -0.25) is 4.79 Å². The molecule has 0 saturated carbocycles. The summed E-state index contributed by atoms with van der Waals surface area (Å²) in [5.41, 5.74) is 0. The maximum absolute atomic E-state index is 10.0. The van der Waals surface area contributed by atoms with Gasteiger partial charge in [-0.05, 0) is 6.08 Å². The number of allylic oxidation sites excluding steroid dienone is 1. The number of rotatable bonds is 2. The maximum atomic E-state index is 10.0. The van der Waals surface area contributed by atoms with Crippen molar-refractivity contribution in [3.8, 4) is 0 Å². The van der Waals surface area contributed by atoms with Crippen molar-refractivity contribution in [2.45, 2.75) is 6.42 Å². The Bertz CT molecular complexity index is 68.5. The summed E-state index contributed by atoms with van der Waals surface area (Å²) in [6.07, 6.45) is 1.59. The van der Waals surface area contributed by atoms with E-state index in [0.717, 1.165) is 0 Å². The molecule has 1 nitrogen and oxygen atoms in total. The smallest absolute Gasteiger partial charge is 0.336 e. The van der Waals surface area contributed by atoms with Crippen molar-refractivity contribution in [2.75, 3.05) is 0 Å². The third kappa shape index (κ3) is 6.41. The monoisotopic (exact) mass is 106 g/mol. The molecule has 0 aromatic rings. The molecule has 0 aromatic heterocycles. The second-order valence-corrected chi connectivity index (χ2v) is 0.920. The molecule has 0 unspecified atom stereocenters. The van der Waals surface area contributed by atoms with Crippen molar-refractivity contribution in [3.05, 3.63) is 19.6 Å². The SMILES string of the molecule is C=CC(=O)C[CH2-].[Na+]. The fourth-order valence-electron chi connectivity index (χ4n) is 0.102. The molecular formula is C5H7NaO. The van der Waals surface area contributed by atoms with Gasteiger partial charge in [-0.1, -0.05) is 6.58 Å². The van der Waals surface area contributed by atoms with Gasteiger partial charge in [0.05, 0.1) is 0 Å². The van der Waals surface area contributed by atoms with E-state index >= 15 is 0 Å². The summed E-state index contributed by atoms with van der Waals surface area (Å²) in [7, 11) is 0. The van der Waals surface area contributed by atoms with Gasteiger partial charge in [0.2, 0.25) is 0 Å². The minimum absolute atomic E-state index is 0. The van der Waals surface area contributed by atoms with Crippen LogP contribution in [0.25, 0.3) is 0 Å². The fraction of sp³-hybridized carbons (Fsp3) is 0.200. The largest absolute Gasteiger partial charge is 1.00 e. The molecule has 0 heterocycles. The zero-order chi connectivity index (χ0) is 4.99. The molecule has 0 amide bonds. The molecule has 0 bridgehead atoms. The van der Waals surface area contributed by atoms with Crippen LogP contribution >= 0.6 is 0 Å². The van der Waals surface area contributed by atoms with Crippen LogP contribution in [-0.4, -0.2) is 5.78 Å². The van der Waals surface area contributed by atoms with E-state index in [9.17, 15) is 4.79 Å². The predicted molar refractivity (Wildman–Crippen MR) is 25.2 cm³/mol. The quantitative estimate of drug-likeness (QED) is 0.225. The molecule has 0 saturated heterocycles. The van der Waals surface area contributed by atoms with Crippen LogP contribution in [0.1, 0.15) is 6.42 Å². The van der Waals surface area contributed by atoms with Gasteiger partial charge in [0.25, 0.3) is 0 Å². The van der Waals surface area contributed by atoms with Crippen LogP contribution in [0.4, 0.5) is 0 Å². The first-order chi connectivity index (χ1) is 2.81. The summed E-state index contributed by atoms with van der Waals surface area (Å²) in [5, 5.41) is 0. The van der Waals surface area contributed by atoms with Crippen LogP contribution in [0.3, 0.4) is 0 Å². The molecule has 0 rings (SSSR count). The molecule has 34 valence electrons. The number of hydrogen-bond donors (Lipinski definition) is 0. The zero-order valence-electron chi connectivity index (χ0n) is 4.61. The van der Waals surface area contributed by atoms with E-state index in [1.165, 1.54) is 6.08 Å². The third-order valence-electron chi connectivity index (χ3n) is 0.474. The first-order valence-electron chi connectivity index (χ1n) is 1.75. The van der Waals surface area contributed by atoms with Gasteiger partial charge < -0.3 is 6.92 Å². The van der Waals surface area contributed by atoms with Crippen LogP contribution < -0.4 is 29.6 Å². The topological polar surface area (TPSA) is 17.1 Å². The maximum Gasteiger partial charge on any atom is 1.00 e. The van der Waals surface area contributed by atoms with E-state index in [0.29, 0.717) is 6.42 Å². The van der Waals surface area contributed by atoms with E-state index in [1.54, 1.807) is 0 Å². The average Bonchev–Trinajstić information content (AvgIpc) is 1.65. The van der Waals surface area contributed by atoms with Crippen molar-refractivity contribution < 1.29 is 34.4 Å². The summed E-state index contributed by atoms with van der Waals surface area (Å²) < 4.78 is 0. The van der Waals surface area contributed by atoms with E-state index in [2.05, 4.69) is 13.5 Å². The van der Waals surface area contributed by atoms with E-state index in [4.69, 9.17) is 0 Å². The number of hydrogen-bond acceptors (Lipinski definition) is 1. The zero-order valence-corrected chi connectivity index (χ0v) is 6.61. The first kappa shape index (κ1) is 10.4. The molecule has 7 heavy (non-hydrogen) atoms. The molecular weight excluding hydrogens is 99.0 g/mol. The summed E-state index contributed by atoms with van der Waals surface area (Å²) in [5.74, 6) is -0.00463. The Labute approximate surface area is 66.1 Å². The predicted octanol–water partition coefficient (Wildman–Crippen LogP) is -2.03. The van der Waals surface area contributed by atoms with Crippen molar-refractivity contribution in [3.63, 3.8) is 0 Å². The van der Waals surface area contributed by atoms with Gasteiger partial charge >= 0.3 is 29.6 Å². The fourth-order valence-corrected chi connectivity index (χ4v) is 0.102. The van der Waals surface area contributed by atoms with Crippen molar-refractivity contribution in [1.82, 2.24) is 0 Å². The van der Waals surface area contributed by atoms with E-state index < -0.39 is 0 Å².